The van der Waals surface area contributed by atoms with Gasteiger partial charge in [-0.15, -0.1) is 0 Å². The average Bonchev–Trinajstić information content (AvgIpc) is 2.90. The Kier molecular flexibility index (Phi) is 6.26. The third kappa shape index (κ3) is 4.75. The third-order valence-corrected chi connectivity index (χ3v) is 5.55. The molecule has 2 aromatic carbocycles. The van der Waals surface area contributed by atoms with Crippen molar-refractivity contribution in [2.24, 2.45) is 0 Å². The molecule has 0 aromatic heterocycles. The number of ether oxygens (including phenoxy) is 1. The zero-order valence-corrected chi connectivity index (χ0v) is 17.0. The third-order valence-electron chi connectivity index (χ3n) is 3.68. The zero-order valence-electron chi connectivity index (χ0n) is 13.8. The zero-order chi connectivity index (χ0) is 19.4. The molecular weight excluding hydrogens is 451 g/mol. The summed E-state index contributed by atoms with van der Waals surface area (Å²) in [5, 5.41) is 8.72. The second-order valence-corrected chi connectivity index (χ2v) is 8.11. The second-order valence-electron chi connectivity index (χ2n) is 5.52. The van der Waals surface area contributed by atoms with E-state index in [1.54, 1.807) is 36.4 Å². The maximum absolute atomic E-state index is 13.1. The molecule has 1 aliphatic heterocycles. The van der Waals surface area contributed by atoms with E-state index >= 15 is 0 Å². The molecule has 0 atom stereocenters. The predicted octanol–water partition coefficient (Wildman–Crippen LogP) is 4.89. The van der Waals surface area contributed by atoms with E-state index in [-0.39, 0.29) is 24.9 Å². The van der Waals surface area contributed by atoms with Crippen molar-refractivity contribution in [2.75, 3.05) is 6.61 Å². The molecule has 1 fully saturated rings. The van der Waals surface area contributed by atoms with Gasteiger partial charge in [0.05, 0.1) is 11.4 Å². The maximum Gasteiger partial charge on any atom is 0.266 e. The van der Waals surface area contributed by atoms with Crippen LogP contribution in [0.1, 0.15) is 11.1 Å². The molecule has 8 heteroatoms. The van der Waals surface area contributed by atoms with Crippen LogP contribution in [0, 0.1) is 17.1 Å². The summed E-state index contributed by atoms with van der Waals surface area (Å²) in [4.78, 5) is 14.7. The fraction of sp³-hybridized carbons (Fsp3) is 0.105. The minimum Gasteiger partial charge on any atom is -0.478 e. The van der Waals surface area contributed by atoms with E-state index in [2.05, 4.69) is 15.9 Å². The van der Waals surface area contributed by atoms with Crippen LogP contribution in [-0.2, 0) is 11.3 Å². The fourth-order valence-corrected chi connectivity index (χ4v) is 4.05. The molecule has 1 heterocycles. The van der Waals surface area contributed by atoms with Crippen molar-refractivity contribution in [3.63, 3.8) is 0 Å². The molecule has 27 heavy (non-hydrogen) atoms. The van der Waals surface area contributed by atoms with Crippen LogP contribution in [0.4, 0.5) is 4.39 Å². The highest BCUT2D eigenvalue weighted by atomic mass is 79.9. The van der Waals surface area contributed by atoms with Gasteiger partial charge in [0.1, 0.15) is 22.0 Å². The number of halogens is 2. The number of rotatable bonds is 5. The Morgan fingerprint density at radius 2 is 2.04 bits per heavy atom. The molecule has 0 unspecified atom stereocenters. The van der Waals surface area contributed by atoms with Crippen molar-refractivity contribution in [2.45, 2.75) is 6.54 Å². The van der Waals surface area contributed by atoms with Crippen molar-refractivity contribution in [1.29, 1.82) is 5.26 Å². The van der Waals surface area contributed by atoms with E-state index in [1.807, 2.05) is 6.07 Å². The number of benzene rings is 2. The van der Waals surface area contributed by atoms with Gasteiger partial charge < -0.3 is 4.74 Å². The molecule has 3 rings (SSSR count). The van der Waals surface area contributed by atoms with Gasteiger partial charge >= 0.3 is 0 Å². The summed E-state index contributed by atoms with van der Waals surface area (Å²) >= 11 is 9.92. The summed E-state index contributed by atoms with van der Waals surface area (Å²) in [6.07, 6.45) is 1.70. The monoisotopic (exact) mass is 462 g/mol. The number of thioether (sulfide) groups is 1. The van der Waals surface area contributed by atoms with Crippen LogP contribution in [0.5, 0.6) is 5.75 Å². The molecule has 1 amide bonds. The van der Waals surface area contributed by atoms with Crippen molar-refractivity contribution in [3.8, 4) is 11.8 Å². The molecular formula is C19H12BrFN2O2S2. The summed E-state index contributed by atoms with van der Waals surface area (Å²) in [7, 11) is 0. The molecule has 1 aliphatic rings. The van der Waals surface area contributed by atoms with E-state index in [1.165, 1.54) is 28.8 Å². The van der Waals surface area contributed by atoms with Crippen LogP contribution in [-0.4, -0.2) is 21.7 Å². The number of carbonyl (C=O) groups is 1. The molecule has 0 spiro atoms. The first-order valence-corrected chi connectivity index (χ1v) is 9.79. The summed E-state index contributed by atoms with van der Waals surface area (Å²) in [6, 6.07) is 13.2. The topological polar surface area (TPSA) is 53.3 Å². The quantitative estimate of drug-likeness (QED) is 0.467. The number of amides is 1. The summed E-state index contributed by atoms with van der Waals surface area (Å²) in [5.74, 6) is -0.0484. The van der Waals surface area contributed by atoms with Crippen molar-refractivity contribution >= 4 is 56.2 Å². The number of nitrogens with zero attached hydrogens (tertiary/aromatic N) is 2. The van der Waals surface area contributed by atoms with Gasteiger partial charge in [-0.3, -0.25) is 9.69 Å². The highest BCUT2D eigenvalue weighted by Crippen LogP contribution is 2.35. The smallest absolute Gasteiger partial charge is 0.266 e. The Hall–Kier alpha value is -2.21. The summed E-state index contributed by atoms with van der Waals surface area (Å²) in [5.41, 5.74) is 1.45. The SMILES string of the molecule is N#CCOc1ccc(Br)cc1C=C1SC(=S)N(Cc2ccc(F)cc2)C1=O. The molecule has 1 saturated heterocycles. The minimum absolute atomic E-state index is 0.0893. The maximum atomic E-state index is 13.1. The van der Waals surface area contributed by atoms with Gasteiger partial charge in [-0.25, -0.2) is 4.39 Å². The van der Waals surface area contributed by atoms with E-state index < -0.39 is 0 Å². The Bertz CT molecular complexity index is 971. The Labute approximate surface area is 173 Å². The van der Waals surface area contributed by atoms with Crippen molar-refractivity contribution in [3.05, 3.63) is 68.8 Å². The van der Waals surface area contributed by atoms with E-state index in [4.69, 9.17) is 22.2 Å². The molecule has 0 aliphatic carbocycles. The molecule has 136 valence electrons. The largest absolute Gasteiger partial charge is 0.478 e. The van der Waals surface area contributed by atoms with E-state index in [0.29, 0.717) is 20.5 Å². The van der Waals surface area contributed by atoms with Crippen LogP contribution in [0.3, 0.4) is 0 Å². The molecule has 0 N–H and O–H groups in total. The highest BCUT2D eigenvalue weighted by Gasteiger charge is 2.32. The normalized spacial score (nSPS) is 15.3. The van der Waals surface area contributed by atoms with Gasteiger partial charge in [0.2, 0.25) is 0 Å². The lowest BCUT2D eigenvalue weighted by Crippen LogP contribution is -2.27. The van der Waals surface area contributed by atoms with Gasteiger partial charge in [-0.2, -0.15) is 5.26 Å². The van der Waals surface area contributed by atoms with Crippen LogP contribution >= 0.6 is 39.9 Å². The van der Waals surface area contributed by atoms with Gasteiger partial charge in [0, 0.05) is 10.0 Å². The van der Waals surface area contributed by atoms with E-state index in [9.17, 15) is 9.18 Å². The molecule has 0 saturated carbocycles. The second kappa shape index (κ2) is 8.65. The standard InChI is InChI=1S/C19H12BrFN2O2S2/c20-14-3-6-16(25-8-7-22)13(9-14)10-17-18(24)23(19(26)27-17)11-12-1-4-15(21)5-2-12/h1-6,9-10H,8,11H2. The number of nitriles is 1. The summed E-state index contributed by atoms with van der Waals surface area (Å²) < 4.78 is 19.7. The van der Waals surface area contributed by atoms with Gasteiger partial charge in [0.15, 0.2) is 6.61 Å². The molecule has 0 radical (unpaired) electrons. The Balaban J connectivity index is 1.85. The van der Waals surface area contributed by atoms with Gasteiger partial charge in [-0.1, -0.05) is 52.0 Å². The van der Waals surface area contributed by atoms with Crippen LogP contribution in [0.15, 0.2) is 51.8 Å². The Morgan fingerprint density at radius 3 is 2.74 bits per heavy atom. The average molecular weight is 463 g/mol. The number of hydrogen-bond acceptors (Lipinski definition) is 5. The molecule has 2 aromatic rings. The first kappa shape index (κ1) is 19.5. The number of carbonyl (C=O) groups excluding carboxylic acids is 1. The number of hydrogen-bond donors (Lipinski definition) is 0. The minimum atomic E-state index is -0.330. The lowest BCUT2D eigenvalue weighted by molar-refractivity contribution is -0.122. The highest BCUT2D eigenvalue weighted by molar-refractivity contribution is 9.10. The van der Waals surface area contributed by atoms with Crippen LogP contribution in [0.2, 0.25) is 0 Å². The van der Waals surface area contributed by atoms with Crippen molar-refractivity contribution in [1.82, 2.24) is 4.90 Å². The van der Waals surface area contributed by atoms with Crippen LogP contribution in [0.25, 0.3) is 6.08 Å². The van der Waals surface area contributed by atoms with Crippen LogP contribution < -0.4 is 4.74 Å². The summed E-state index contributed by atoms with van der Waals surface area (Å²) in [6.45, 7) is 0.187. The van der Waals surface area contributed by atoms with E-state index in [0.717, 1.165) is 10.0 Å². The lowest BCUT2D eigenvalue weighted by Gasteiger charge is -2.14. The number of thiocarbonyl (C=S) groups is 1. The molecule has 4 nitrogen and oxygen atoms in total. The van der Waals surface area contributed by atoms with Gasteiger partial charge in [-0.05, 0) is 42.0 Å². The van der Waals surface area contributed by atoms with Gasteiger partial charge in [0.25, 0.3) is 5.91 Å². The first-order chi connectivity index (χ1) is 13.0. The fourth-order valence-electron chi connectivity index (χ4n) is 2.42. The molecule has 0 bridgehead atoms. The van der Waals surface area contributed by atoms with Crippen molar-refractivity contribution < 1.29 is 13.9 Å². The first-order valence-electron chi connectivity index (χ1n) is 7.77. The lowest BCUT2D eigenvalue weighted by atomic mass is 10.1. The predicted molar refractivity (Wildman–Crippen MR) is 110 cm³/mol. The Morgan fingerprint density at radius 1 is 1.30 bits per heavy atom.